The number of halogens is 1. The minimum atomic E-state index is -0.802. The highest BCUT2D eigenvalue weighted by atomic mass is 35.5. The number of fused-ring (bicyclic) bond motifs is 2. The fourth-order valence-corrected chi connectivity index (χ4v) is 6.44. The van der Waals surface area contributed by atoms with E-state index in [4.69, 9.17) is 16.6 Å². The van der Waals surface area contributed by atoms with Crippen LogP contribution >= 0.6 is 22.9 Å². The first-order valence-electron chi connectivity index (χ1n) is 11.4. The second-order valence-electron chi connectivity index (χ2n) is 9.10. The summed E-state index contributed by atoms with van der Waals surface area (Å²) in [6.45, 7) is 7.70. The average molecular weight is 503 g/mol. The molecule has 2 unspecified atom stereocenters. The third-order valence-electron chi connectivity index (χ3n) is 6.91. The Bertz CT molecular complexity index is 1720. The lowest BCUT2D eigenvalue weighted by Crippen LogP contribution is -2.64. The fourth-order valence-electron chi connectivity index (χ4n) is 5.04. The van der Waals surface area contributed by atoms with Gasteiger partial charge in [-0.2, -0.15) is 4.68 Å². The van der Waals surface area contributed by atoms with Gasteiger partial charge in [-0.15, -0.1) is 22.9 Å². The molecular weight excluding hydrogens is 480 g/mol. The normalized spacial score (nSPS) is 18.0. The molecule has 4 heterocycles. The van der Waals surface area contributed by atoms with Gasteiger partial charge in [-0.3, -0.25) is 9.59 Å². The van der Waals surface area contributed by atoms with E-state index in [0.29, 0.717) is 16.0 Å². The van der Waals surface area contributed by atoms with Crippen molar-refractivity contribution in [2.75, 3.05) is 5.01 Å². The first kappa shape index (κ1) is 22.1. The summed E-state index contributed by atoms with van der Waals surface area (Å²) in [5.74, 6) is 0.150. The summed E-state index contributed by atoms with van der Waals surface area (Å²) in [4.78, 5) is 37.0. The second kappa shape index (κ2) is 7.80. The highest BCUT2D eigenvalue weighted by Gasteiger charge is 2.51. The Morgan fingerprint density at radius 2 is 1.77 bits per heavy atom. The zero-order valence-electron chi connectivity index (χ0n) is 19.7. The number of benzene rings is 2. The Morgan fingerprint density at radius 3 is 2.51 bits per heavy atom. The summed E-state index contributed by atoms with van der Waals surface area (Å²) in [7, 11) is 0. The number of hydrogen-bond donors (Lipinski definition) is 1. The van der Waals surface area contributed by atoms with Crippen molar-refractivity contribution in [1.29, 1.82) is 0 Å². The van der Waals surface area contributed by atoms with E-state index in [1.165, 1.54) is 21.0 Å². The number of rotatable bonds is 3. The second-order valence-corrected chi connectivity index (χ2v) is 10.8. The number of carbonyl (C=O) groups is 1. The van der Waals surface area contributed by atoms with Crippen LogP contribution in [0, 0.1) is 27.7 Å². The highest BCUT2D eigenvalue weighted by molar-refractivity contribution is 7.18. The third-order valence-corrected chi connectivity index (χ3v) is 8.44. The number of hydrogen-bond acceptors (Lipinski definition) is 4. The van der Waals surface area contributed by atoms with Crippen molar-refractivity contribution < 1.29 is 4.79 Å². The van der Waals surface area contributed by atoms with Crippen LogP contribution < -0.4 is 10.6 Å². The summed E-state index contributed by atoms with van der Waals surface area (Å²) in [6.07, 6.45) is 0. The van der Waals surface area contributed by atoms with Crippen molar-refractivity contribution in [3.63, 3.8) is 0 Å². The Hall–Kier alpha value is -3.42. The van der Waals surface area contributed by atoms with E-state index in [0.717, 1.165) is 43.7 Å². The molecule has 1 amide bonds. The lowest BCUT2D eigenvalue weighted by molar-refractivity contribution is -0.126. The van der Waals surface area contributed by atoms with Crippen LogP contribution in [0.5, 0.6) is 0 Å². The van der Waals surface area contributed by atoms with Crippen LogP contribution in [0.1, 0.15) is 33.4 Å². The molecule has 6 rings (SSSR count). The molecule has 0 spiro atoms. The number of aryl methyl sites for hydroxylation is 4. The summed E-state index contributed by atoms with van der Waals surface area (Å²) < 4.78 is 1.41. The quantitative estimate of drug-likeness (QED) is 0.255. The summed E-state index contributed by atoms with van der Waals surface area (Å²) in [6, 6.07) is 15.6. The van der Waals surface area contributed by atoms with Gasteiger partial charge in [0.05, 0.1) is 11.1 Å². The van der Waals surface area contributed by atoms with E-state index in [1.807, 2.05) is 63.2 Å². The number of H-pyrrole nitrogens is 1. The molecule has 35 heavy (non-hydrogen) atoms. The van der Waals surface area contributed by atoms with Gasteiger partial charge in [0, 0.05) is 21.3 Å². The molecule has 1 N–H and O–H groups in total. The fraction of sp³-hybridized carbons (Fsp3) is 0.222. The SMILES string of the molecule is Cc1ccc2[nH]c(-c3ccccc3)c(C3C(Cl)C(=O)N3n3c(C)nc4sc(C)c(C)c4c3=O)c2c1. The first-order chi connectivity index (χ1) is 16.8. The Balaban J connectivity index is 1.63. The van der Waals surface area contributed by atoms with E-state index >= 15 is 0 Å². The van der Waals surface area contributed by atoms with Gasteiger partial charge < -0.3 is 4.98 Å². The van der Waals surface area contributed by atoms with Crippen LogP contribution in [-0.4, -0.2) is 25.9 Å². The van der Waals surface area contributed by atoms with Gasteiger partial charge in [-0.1, -0.05) is 42.0 Å². The summed E-state index contributed by atoms with van der Waals surface area (Å²) in [5, 5.41) is 2.23. The van der Waals surface area contributed by atoms with Crippen molar-refractivity contribution in [2.45, 2.75) is 39.1 Å². The van der Waals surface area contributed by atoms with Gasteiger partial charge in [0.15, 0.2) is 0 Å². The molecule has 2 aromatic carbocycles. The molecule has 2 atom stereocenters. The predicted molar refractivity (Wildman–Crippen MR) is 142 cm³/mol. The zero-order valence-corrected chi connectivity index (χ0v) is 21.3. The molecule has 1 aliphatic heterocycles. The summed E-state index contributed by atoms with van der Waals surface area (Å²) >= 11 is 8.22. The molecule has 176 valence electrons. The number of carbonyl (C=O) groups excluding carboxylic acids is 1. The van der Waals surface area contributed by atoms with Crippen molar-refractivity contribution in [3.8, 4) is 11.3 Å². The molecule has 0 bridgehead atoms. The molecule has 0 aliphatic carbocycles. The van der Waals surface area contributed by atoms with E-state index < -0.39 is 11.4 Å². The number of β-lactam (4-membered cyclic amide) rings is 1. The zero-order chi connectivity index (χ0) is 24.6. The molecule has 3 aromatic heterocycles. The van der Waals surface area contributed by atoms with Gasteiger partial charge in [0.1, 0.15) is 22.1 Å². The minimum absolute atomic E-state index is 0.242. The van der Waals surface area contributed by atoms with E-state index in [-0.39, 0.29) is 11.5 Å². The molecule has 1 aliphatic rings. The smallest absolute Gasteiger partial charge is 0.281 e. The highest BCUT2D eigenvalue weighted by Crippen LogP contribution is 2.45. The van der Waals surface area contributed by atoms with E-state index in [2.05, 4.69) is 11.1 Å². The lowest BCUT2D eigenvalue weighted by atomic mass is 9.90. The predicted octanol–water partition coefficient (Wildman–Crippen LogP) is 5.67. The topological polar surface area (TPSA) is 71.0 Å². The molecule has 1 fully saturated rings. The number of amides is 1. The monoisotopic (exact) mass is 502 g/mol. The maximum atomic E-state index is 13.7. The molecule has 5 aromatic rings. The van der Waals surface area contributed by atoms with Crippen LogP contribution in [-0.2, 0) is 4.79 Å². The number of nitrogens with one attached hydrogen (secondary N) is 1. The molecule has 0 saturated carbocycles. The van der Waals surface area contributed by atoms with Crippen molar-refractivity contribution in [3.05, 3.63) is 86.3 Å². The van der Waals surface area contributed by atoms with Gasteiger partial charge in [0.25, 0.3) is 11.5 Å². The molecular formula is C27H23ClN4O2S. The maximum Gasteiger partial charge on any atom is 0.281 e. The van der Waals surface area contributed by atoms with Crippen LogP contribution in [0.15, 0.2) is 53.3 Å². The van der Waals surface area contributed by atoms with Crippen molar-refractivity contribution in [1.82, 2.24) is 14.6 Å². The Kier molecular flexibility index (Phi) is 4.92. The standard InChI is InChI=1S/C27H23ClN4O2S/c1-13-10-11-19-18(12-13)21(23(30-19)17-8-6-5-7-9-17)24-22(28)27(34)32(24)31-16(4)29-25-20(26(31)33)14(2)15(3)35-25/h5-12,22,24,30H,1-4H3. The number of thiophene rings is 1. The third kappa shape index (κ3) is 3.11. The Labute approximate surface area is 210 Å². The number of aromatic amines is 1. The first-order valence-corrected chi connectivity index (χ1v) is 12.7. The largest absolute Gasteiger partial charge is 0.354 e. The molecule has 8 heteroatoms. The van der Waals surface area contributed by atoms with Gasteiger partial charge in [0.2, 0.25) is 0 Å². The minimum Gasteiger partial charge on any atom is -0.354 e. The molecule has 1 saturated heterocycles. The number of nitrogens with zero attached hydrogens (tertiary/aromatic N) is 3. The summed E-state index contributed by atoms with van der Waals surface area (Å²) in [5.41, 5.74) is 5.49. The molecule has 0 radical (unpaired) electrons. The van der Waals surface area contributed by atoms with Crippen molar-refractivity contribution in [2.24, 2.45) is 0 Å². The van der Waals surface area contributed by atoms with Crippen LogP contribution in [0.3, 0.4) is 0 Å². The van der Waals surface area contributed by atoms with Crippen LogP contribution in [0.2, 0.25) is 0 Å². The average Bonchev–Trinajstić information content (AvgIpc) is 3.34. The van der Waals surface area contributed by atoms with E-state index in [9.17, 15) is 9.59 Å². The number of alkyl halides is 1. The van der Waals surface area contributed by atoms with Gasteiger partial charge in [-0.05, 0) is 51.0 Å². The van der Waals surface area contributed by atoms with Crippen LogP contribution in [0.4, 0.5) is 0 Å². The van der Waals surface area contributed by atoms with Gasteiger partial charge in [-0.25, -0.2) is 9.99 Å². The Morgan fingerprint density at radius 1 is 1.03 bits per heavy atom. The van der Waals surface area contributed by atoms with Crippen LogP contribution in [0.25, 0.3) is 32.4 Å². The van der Waals surface area contributed by atoms with Crippen molar-refractivity contribution >= 4 is 50.0 Å². The van der Waals surface area contributed by atoms with Gasteiger partial charge >= 0.3 is 0 Å². The lowest BCUT2D eigenvalue weighted by Gasteiger charge is -2.45. The molecule has 6 nitrogen and oxygen atoms in total. The maximum absolute atomic E-state index is 13.7. The van der Waals surface area contributed by atoms with E-state index in [1.54, 1.807) is 6.92 Å². The number of aromatic nitrogens is 3.